The standard InChI is InChI=1S/C10H11ClN2O2S/c11-6-1-2-9(8(12)3-6)16-5-7-4-13-10(14)15-7/h1-3,7H,4-5,12H2,(H,13,14). The first-order valence-corrected chi connectivity index (χ1v) is 6.14. The van der Waals surface area contributed by atoms with Gasteiger partial charge in [-0.1, -0.05) is 11.6 Å². The largest absolute Gasteiger partial charge is 0.443 e. The van der Waals surface area contributed by atoms with Crippen LogP contribution in [0.15, 0.2) is 23.1 Å². The molecule has 0 aliphatic carbocycles. The molecule has 6 heteroatoms. The van der Waals surface area contributed by atoms with E-state index in [1.165, 1.54) is 0 Å². The van der Waals surface area contributed by atoms with Crippen LogP contribution in [0.1, 0.15) is 0 Å². The average molecular weight is 259 g/mol. The van der Waals surface area contributed by atoms with E-state index in [1.807, 2.05) is 6.07 Å². The molecular formula is C10H11ClN2O2S. The second-order valence-electron chi connectivity index (χ2n) is 3.40. The molecule has 1 aromatic rings. The second-order valence-corrected chi connectivity index (χ2v) is 4.90. The van der Waals surface area contributed by atoms with E-state index in [4.69, 9.17) is 22.1 Å². The van der Waals surface area contributed by atoms with Gasteiger partial charge < -0.3 is 15.8 Å². The summed E-state index contributed by atoms with van der Waals surface area (Å²) in [5.74, 6) is 0.685. The molecule has 4 nitrogen and oxygen atoms in total. The van der Waals surface area contributed by atoms with Gasteiger partial charge in [-0.3, -0.25) is 0 Å². The van der Waals surface area contributed by atoms with E-state index in [9.17, 15) is 4.79 Å². The zero-order chi connectivity index (χ0) is 11.5. The van der Waals surface area contributed by atoms with Crippen molar-refractivity contribution in [2.75, 3.05) is 18.0 Å². The van der Waals surface area contributed by atoms with Crippen molar-refractivity contribution in [2.24, 2.45) is 0 Å². The molecule has 1 amide bonds. The molecule has 16 heavy (non-hydrogen) atoms. The summed E-state index contributed by atoms with van der Waals surface area (Å²) < 4.78 is 5.01. The zero-order valence-corrected chi connectivity index (χ0v) is 9.98. The maximum atomic E-state index is 10.8. The van der Waals surface area contributed by atoms with Crippen LogP contribution in [-0.4, -0.2) is 24.5 Å². The van der Waals surface area contributed by atoms with Crippen molar-refractivity contribution in [1.82, 2.24) is 5.32 Å². The highest BCUT2D eigenvalue weighted by Gasteiger charge is 2.22. The lowest BCUT2D eigenvalue weighted by Crippen LogP contribution is -2.16. The number of anilines is 1. The molecular weight excluding hydrogens is 248 g/mol. The van der Waals surface area contributed by atoms with Crippen molar-refractivity contribution < 1.29 is 9.53 Å². The third kappa shape index (κ3) is 2.74. The minimum absolute atomic E-state index is 0.0902. The maximum absolute atomic E-state index is 10.8. The third-order valence-electron chi connectivity index (χ3n) is 2.14. The van der Waals surface area contributed by atoms with E-state index >= 15 is 0 Å². The van der Waals surface area contributed by atoms with E-state index in [0.29, 0.717) is 23.0 Å². The van der Waals surface area contributed by atoms with Gasteiger partial charge in [-0.25, -0.2) is 4.79 Å². The van der Waals surface area contributed by atoms with Crippen LogP contribution in [0.4, 0.5) is 10.5 Å². The molecule has 1 atom stereocenters. The van der Waals surface area contributed by atoms with Gasteiger partial charge in [0, 0.05) is 21.4 Å². The number of rotatable bonds is 3. The Morgan fingerprint density at radius 2 is 2.44 bits per heavy atom. The van der Waals surface area contributed by atoms with E-state index in [-0.39, 0.29) is 12.2 Å². The van der Waals surface area contributed by atoms with Crippen LogP contribution in [0.3, 0.4) is 0 Å². The molecule has 3 N–H and O–H groups in total. The lowest BCUT2D eigenvalue weighted by atomic mass is 10.3. The Morgan fingerprint density at radius 3 is 3.06 bits per heavy atom. The summed E-state index contributed by atoms with van der Waals surface area (Å²) in [4.78, 5) is 11.7. The molecule has 1 aliphatic rings. The molecule has 1 heterocycles. The number of benzene rings is 1. The van der Waals surface area contributed by atoms with Crippen LogP contribution in [0.5, 0.6) is 0 Å². The van der Waals surface area contributed by atoms with Crippen LogP contribution in [0, 0.1) is 0 Å². The maximum Gasteiger partial charge on any atom is 0.407 e. The van der Waals surface area contributed by atoms with Crippen LogP contribution < -0.4 is 11.1 Å². The summed E-state index contributed by atoms with van der Waals surface area (Å²) in [6, 6.07) is 5.37. The highest BCUT2D eigenvalue weighted by atomic mass is 35.5. The van der Waals surface area contributed by atoms with Crippen LogP contribution in [-0.2, 0) is 4.74 Å². The molecule has 1 unspecified atom stereocenters. The Balaban J connectivity index is 1.92. The third-order valence-corrected chi connectivity index (χ3v) is 3.60. The molecule has 0 spiro atoms. The molecule has 0 bridgehead atoms. The van der Waals surface area contributed by atoms with E-state index in [0.717, 1.165) is 4.90 Å². The van der Waals surface area contributed by atoms with Crippen molar-refractivity contribution >= 4 is 35.1 Å². The lowest BCUT2D eigenvalue weighted by Gasteiger charge is -2.09. The van der Waals surface area contributed by atoms with E-state index < -0.39 is 0 Å². The number of ether oxygens (including phenoxy) is 1. The van der Waals surface area contributed by atoms with E-state index in [2.05, 4.69) is 5.32 Å². The number of cyclic esters (lactones) is 1. The van der Waals surface area contributed by atoms with Crippen molar-refractivity contribution in [2.45, 2.75) is 11.0 Å². The number of carbonyl (C=O) groups excluding carboxylic acids is 1. The number of nitrogen functional groups attached to an aromatic ring is 1. The topological polar surface area (TPSA) is 64.3 Å². The highest BCUT2D eigenvalue weighted by Crippen LogP contribution is 2.28. The summed E-state index contributed by atoms with van der Waals surface area (Å²) in [6.07, 6.45) is -0.442. The Labute approximate surface area is 102 Å². The number of hydrogen-bond acceptors (Lipinski definition) is 4. The second kappa shape index (κ2) is 4.84. The van der Waals surface area contributed by atoms with Crippen LogP contribution in [0.25, 0.3) is 0 Å². The van der Waals surface area contributed by atoms with Crippen LogP contribution in [0.2, 0.25) is 5.02 Å². The fourth-order valence-electron chi connectivity index (χ4n) is 1.36. The Bertz CT molecular complexity index is 414. The van der Waals surface area contributed by atoms with Gasteiger partial charge in [-0.2, -0.15) is 0 Å². The number of amides is 1. The predicted octanol–water partition coefficient (Wildman–Crippen LogP) is 2.12. The SMILES string of the molecule is Nc1cc(Cl)ccc1SCC1CNC(=O)O1. The number of nitrogens with one attached hydrogen (secondary N) is 1. The van der Waals surface area contributed by atoms with Gasteiger partial charge in [0.15, 0.2) is 0 Å². The minimum Gasteiger partial charge on any atom is -0.443 e. The van der Waals surface area contributed by atoms with Crippen LogP contribution >= 0.6 is 23.4 Å². The molecule has 1 fully saturated rings. The summed E-state index contributed by atoms with van der Waals surface area (Å²) in [6.45, 7) is 0.555. The summed E-state index contributed by atoms with van der Waals surface area (Å²) in [5.41, 5.74) is 6.45. The molecule has 0 radical (unpaired) electrons. The number of hydrogen-bond donors (Lipinski definition) is 2. The molecule has 1 aliphatic heterocycles. The Morgan fingerprint density at radius 1 is 1.62 bits per heavy atom. The number of alkyl carbamates (subject to hydrolysis) is 1. The molecule has 2 rings (SSSR count). The number of thioether (sulfide) groups is 1. The highest BCUT2D eigenvalue weighted by molar-refractivity contribution is 7.99. The van der Waals surface area contributed by atoms with E-state index in [1.54, 1.807) is 23.9 Å². The number of carbonyl (C=O) groups is 1. The first-order chi connectivity index (χ1) is 7.65. The Kier molecular flexibility index (Phi) is 3.46. The monoisotopic (exact) mass is 258 g/mol. The van der Waals surface area contributed by atoms with Gasteiger partial charge in [0.05, 0.1) is 6.54 Å². The van der Waals surface area contributed by atoms with Crippen molar-refractivity contribution in [1.29, 1.82) is 0 Å². The molecule has 1 aromatic carbocycles. The smallest absolute Gasteiger partial charge is 0.407 e. The lowest BCUT2D eigenvalue weighted by molar-refractivity contribution is 0.150. The number of halogens is 1. The fraction of sp³-hybridized carbons (Fsp3) is 0.300. The summed E-state index contributed by atoms with van der Waals surface area (Å²) in [5, 5.41) is 3.22. The predicted molar refractivity (Wildman–Crippen MR) is 64.9 cm³/mol. The molecule has 0 saturated carbocycles. The normalized spacial score (nSPS) is 19.3. The van der Waals surface area contributed by atoms with Crippen molar-refractivity contribution in [3.05, 3.63) is 23.2 Å². The molecule has 1 saturated heterocycles. The summed E-state index contributed by atoms with van der Waals surface area (Å²) in [7, 11) is 0. The zero-order valence-electron chi connectivity index (χ0n) is 8.40. The summed E-state index contributed by atoms with van der Waals surface area (Å²) >= 11 is 7.35. The van der Waals surface area contributed by atoms with Gasteiger partial charge in [-0.05, 0) is 18.2 Å². The fourth-order valence-corrected chi connectivity index (χ4v) is 2.48. The van der Waals surface area contributed by atoms with Gasteiger partial charge in [0.2, 0.25) is 0 Å². The van der Waals surface area contributed by atoms with Gasteiger partial charge in [-0.15, -0.1) is 11.8 Å². The van der Waals surface area contributed by atoms with Crippen molar-refractivity contribution in [3.63, 3.8) is 0 Å². The van der Waals surface area contributed by atoms with Gasteiger partial charge in [0.25, 0.3) is 0 Å². The quantitative estimate of drug-likeness (QED) is 0.644. The molecule has 86 valence electrons. The first-order valence-electron chi connectivity index (χ1n) is 4.77. The van der Waals surface area contributed by atoms with Gasteiger partial charge in [0.1, 0.15) is 6.10 Å². The minimum atomic E-state index is -0.352. The first kappa shape index (κ1) is 11.4. The van der Waals surface area contributed by atoms with Crippen molar-refractivity contribution in [3.8, 4) is 0 Å². The average Bonchev–Trinajstić information content (AvgIpc) is 2.63. The molecule has 0 aromatic heterocycles. The number of nitrogens with two attached hydrogens (primary N) is 1. The Hall–Kier alpha value is -1.07. The van der Waals surface area contributed by atoms with Gasteiger partial charge >= 0.3 is 6.09 Å².